The smallest absolute Gasteiger partial charge is 0.223 e. The minimum atomic E-state index is -0.112. The second kappa shape index (κ2) is 8.42. The Kier molecular flexibility index (Phi) is 6.87. The van der Waals surface area contributed by atoms with Crippen LogP contribution < -0.4 is 5.32 Å². The maximum absolute atomic E-state index is 12.4. The van der Waals surface area contributed by atoms with Crippen molar-refractivity contribution >= 4 is 17.7 Å². The van der Waals surface area contributed by atoms with Gasteiger partial charge in [-0.25, -0.2) is 0 Å². The van der Waals surface area contributed by atoms with E-state index in [0.717, 1.165) is 36.7 Å². The minimum absolute atomic E-state index is 0.112. The molecule has 1 aliphatic carbocycles. The van der Waals surface area contributed by atoms with Crippen molar-refractivity contribution in [1.29, 1.82) is 0 Å². The summed E-state index contributed by atoms with van der Waals surface area (Å²) < 4.78 is 5.66. The average Bonchev–Trinajstić information content (AvgIpc) is 3.00. The summed E-state index contributed by atoms with van der Waals surface area (Å²) in [6, 6.07) is 0. The van der Waals surface area contributed by atoms with E-state index < -0.39 is 0 Å². The van der Waals surface area contributed by atoms with Crippen molar-refractivity contribution in [3.05, 3.63) is 0 Å². The lowest BCUT2D eigenvalue weighted by molar-refractivity contribution is -0.127. The lowest BCUT2D eigenvalue weighted by Crippen LogP contribution is -2.46. The molecule has 122 valence electrons. The largest absolute Gasteiger partial charge is 0.376 e. The number of carbonyl (C=O) groups is 1. The Bertz CT molecular complexity index is 321. The molecule has 0 spiro atoms. The molecule has 4 heteroatoms. The van der Waals surface area contributed by atoms with Crippen molar-refractivity contribution in [2.24, 2.45) is 11.8 Å². The zero-order valence-corrected chi connectivity index (χ0v) is 14.5. The number of hydrogen-bond donors (Lipinski definition) is 1. The maximum atomic E-state index is 12.4. The molecule has 0 bridgehead atoms. The quantitative estimate of drug-likeness (QED) is 0.780. The molecule has 2 fully saturated rings. The highest BCUT2D eigenvalue weighted by molar-refractivity contribution is 7.99. The summed E-state index contributed by atoms with van der Waals surface area (Å²) in [7, 11) is 1.77. The number of unbranched alkanes of at least 4 members (excludes halogenated alkanes) is 1. The molecule has 1 heterocycles. The van der Waals surface area contributed by atoms with Gasteiger partial charge in [0.05, 0.1) is 5.60 Å². The van der Waals surface area contributed by atoms with E-state index >= 15 is 0 Å². The first kappa shape index (κ1) is 17.1. The van der Waals surface area contributed by atoms with Crippen LogP contribution in [0.5, 0.6) is 0 Å². The van der Waals surface area contributed by atoms with Crippen LogP contribution in [0.25, 0.3) is 0 Å². The van der Waals surface area contributed by atoms with Crippen molar-refractivity contribution in [3.8, 4) is 0 Å². The predicted octanol–water partition coefficient (Wildman–Crippen LogP) is 3.62. The summed E-state index contributed by atoms with van der Waals surface area (Å²) in [4.78, 5) is 12.4. The molecule has 0 radical (unpaired) electrons. The molecular formula is C17H31NO2S. The third-order valence-electron chi connectivity index (χ3n) is 5.27. The van der Waals surface area contributed by atoms with Crippen LogP contribution in [0.4, 0.5) is 0 Å². The highest BCUT2D eigenvalue weighted by atomic mass is 32.2. The SMILES string of the molecule is CCCCC1CCC(C(=O)NCC2(OC)CCSC2)CC1. The van der Waals surface area contributed by atoms with Gasteiger partial charge in [-0.15, -0.1) is 0 Å². The van der Waals surface area contributed by atoms with E-state index in [1.54, 1.807) is 7.11 Å². The van der Waals surface area contributed by atoms with Gasteiger partial charge in [-0.3, -0.25) is 4.79 Å². The topological polar surface area (TPSA) is 38.3 Å². The van der Waals surface area contributed by atoms with Crippen LogP contribution in [0.1, 0.15) is 58.3 Å². The van der Waals surface area contributed by atoms with Gasteiger partial charge in [0, 0.05) is 25.3 Å². The van der Waals surface area contributed by atoms with Gasteiger partial charge in [-0.2, -0.15) is 11.8 Å². The van der Waals surface area contributed by atoms with Crippen LogP contribution in [-0.4, -0.2) is 36.7 Å². The Morgan fingerprint density at radius 3 is 2.67 bits per heavy atom. The summed E-state index contributed by atoms with van der Waals surface area (Å²) in [5.74, 6) is 3.52. The standard InChI is InChI=1S/C17H31NO2S/c1-3-4-5-14-6-8-15(9-7-14)16(19)18-12-17(20-2)10-11-21-13-17/h14-15H,3-13H2,1-2H3,(H,18,19). The van der Waals surface area contributed by atoms with E-state index in [2.05, 4.69) is 12.2 Å². The number of rotatable bonds is 7. The van der Waals surface area contributed by atoms with Crippen molar-refractivity contribution in [2.45, 2.75) is 63.9 Å². The molecule has 0 aromatic heterocycles. The molecule has 2 rings (SSSR count). The Morgan fingerprint density at radius 2 is 2.10 bits per heavy atom. The Morgan fingerprint density at radius 1 is 1.33 bits per heavy atom. The second-order valence-electron chi connectivity index (χ2n) is 6.77. The Labute approximate surface area is 134 Å². The number of hydrogen-bond acceptors (Lipinski definition) is 3. The molecule has 1 atom stereocenters. The normalized spacial score (nSPS) is 33.0. The fraction of sp³-hybridized carbons (Fsp3) is 0.941. The molecule has 1 unspecified atom stereocenters. The number of nitrogens with one attached hydrogen (secondary N) is 1. The zero-order chi connectivity index (χ0) is 15.1. The van der Waals surface area contributed by atoms with Gasteiger partial charge < -0.3 is 10.1 Å². The summed E-state index contributed by atoms with van der Waals surface area (Å²) in [5, 5.41) is 3.17. The van der Waals surface area contributed by atoms with Crippen LogP contribution in [0.2, 0.25) is 0 Å². The highest BCUT2D eigenvalue weighted by Crippen LogP contribution is 2.33. The molecule has 0 aromatic carbocycles. The molecular weight excluding hydrogens is 282 g/mol. The fourth-order valence-corrected chi connectivity index (χ4v) is 4.96. The van der Waals surface area contributed by atoms with Crippen molar-refractivity contribution < 1.29 is 9.53 Å². The van der Waals surface area contributed by atoms with E-state index in [0.29, 0.717) is 6.54 Å². The molecule has 1 aliphatic heterocycles. The molecule has 1 amide bonds. The first-order valence-corrected chi connectivity index (χ1v) is 9.75. The first-order chi connectivity index (χ1) is 10.2. The van der Waals surface area contributed by atoms with Crippen LogP contribution in [0, 0.1) is 11.8 Å². The molecule has 0 aromatic rings. The fourth-order valence-electron chi connectivity index (χ4n) is 3.56. The molecule has 1 saturated carbocycles. The van der Waals surface area contributed by atoms with Crippen LogP contribution >= 0.6 is 11.8 Å². The third-order valence-corrected chi connectivity index (χ3v) is 6.49. The van der Waals surface area contributed by atoms with Gasteiger partial charge in [-0.1, -0.05) is 26.2 Å². The van der Waals surface area contributed by atoms with Crippen LogP contribution in [0.15, 0.2) is 0 Å². The summed E-state index contributed by atoms with van der Waals surface area (Å²) in [6.07, 6.45) is 9.68. The third kappa shape index (κ3) is 4.88. The van der Waals surface area contributed by atoms with Crippen molar-refractivity contribution in [1.82, 2.24) is 5.32 Å². The van der Waals surface area contributed by atoms with Gasteiger partial charge in [0.2, 0.25) is 5.91 Å². The number of amides is 1. The van der Waals surface area contributed by atoms with Gasteiger partial charge >= 0.3 is 0 Å². The molecule has 21 heavy (non-hydrogen) atoms. The number of carbonyl (C=O) groups excluding carboxylic acids is 1. The highest BCUT2D eigenvalue weighted by Gasteiger charge is 2.35. The average molecular weight is 314 g/mol. The Balaban J connectivity index is 1.70. The summed E-state index contributed by atoms with van der Waals surface area (Å²) in [6.45, 7) is 2.94. The lowest BCUT2D eigenvalue weighted by Gasteiger charge is -2.30. The van der Waals surface area contributed by atoms with Gasteiger partial charge in [-0.05, 0) is 43.8 Å². The zero-order valence-electron chi connectivity index (χ0n) is 13.7. The monoisotopic (exact) mass is 313 g/mol. The first-order valence-electron chi connectivity index (χ1n) is 8.60. The van der Waals surface area contributed by atoms with Gasteiger partial charge in [0.25, 0.3) is 0 Å². The second-order valence-corrected chi connectivity index (χ2v) is 7.87. The Hall–Kier alpha value is -0.220. The van der Waals surface area contributed by atoms with E-state index in [-0.39, 0.29) is 17.4 Å². The van der Waals surface area contributed by atoms with Gasteiger partial charge in [0.1, 0.15) is 0 Å². The van der Waals surface area contributed by atoms with Crippen molar-refractivity contribution in [2.75, 3.05) is 25.2 Å². The molecule has 2 aliphatic rings. The van der Waals surface area contributed by atoms with E-state index in [4.69, 9.17) is 4.74 Å². The summed E-state index contributed by atoms with van der Waals surface area (Å²) >= 11 is 1.92. The number of ether oxygens (including phenoxy) is 1. The van der Waals surface area contributed by atoms with E-state index in [1.165, 1.54) is 32.1 Å². The lowest BCUT2D eigenvalue weighted by atomic mass is 9.79. The minimum Gasteiger partial charge on any atom is -0.376 e. The number of methoxy groups -OCH3 is 1. The van der Waals surface area contributed by atoms with Gasteiger partial charge in [0.15, 0.2) is 0 Å². The van der Waals surface area contributed by atoms with E-state index in [9.17, 15) is 4.79 Å². The van der Waals surface area contributed by atoms with Crippen LogP contribution in [0.3, 0.4) is 0 Å². The van der Waals surface area contributed by atoms with E-state index in [1.807, 2.05) is 11.8 Å². The van der Waals surface area contributed by atoms with Crippen LogP contribution in [-0.2, 0) is 9.53 Å². The number of thioether (sulfide) groups is 1. The molecule has 3 nitrogen and oxygen atoms in total. The predicted molar refractivity (Wildman–Crippen MR) is 89.7 cm³/mol. The molecule has 1 N–H and O–H groups in total. The maximum Gasteiger partial charge on any atom is 0.223 e. The molecule has 1 saturated heterocycles. The van der Waals surface area contributed by atoms with Crippen molar-refractivity contribution in [3.63, 3.8) is 0 Å². The summed E-state index contributed by atoms with van der Waals surface area (Å²) in [5.41, 5.74) is -0.112.